The monoisotopic (exact) mass is 308 g/mol. The number of likely N-dealkylation sites (tertiary alicyclic amines) is 1. The molecular formula is C18H32N2O2. The van der Waals surface area contributed by atoms with Crippen molar-refractivity contribution in [3.63, 3.8) is 0 Å². The Kier molecular flexibility index (Phi) is 4.67. The van der Waals surface area contributed by atoms with Crippen molar-refractivity contribution in [3.8, 4) is 0 Å². The van der Waals surface area contributed by atoms with E-state index in [9.17, 15) is 9.90 Å². The molecule has 1 aliphatic heterocycles. The van der Waals surface area contributed by atoms with Gasteiger partial charge in [-0.2, -0.15) is 0 Å². The number of rotatable bonds is 1. The number of aliphatic hydroxyl groups is 1. The number of amides is 2. The minimum atomic E-state index is -0.497. The van der Waals surface area contributed by atoms with Crippen LogP contribution in [0, 0.1) is 17.8 Å². The number of fused-ring (bicyclic) bond motifs is 1. The number of nitrogens with zero attached hydrogens (tertiary/aromatic N) is 1. The van der Waals surface area contributed by atoms with Crippen LogP contribution in [-0.2, 0) is 0 Å². The summed E-state index contributed by atoms with van der Waals surface area (Å²) in [5.41, 5.74) is -0.497. The molecule has 3 fully saturated rings. The average molecular weight is 308 g/mol. The van der Waals surface area contributed by atoms with Crippen molar-refractivity contribution in [3.05, 3.63) is 0 Å². The van der Waals surface area contributed by atoms with Gasteiger partial charge >= 0.3 is 6.03 Å². The molecule has 0 aromatic rings. The van der Waals surface area contributed by atoms with Crippen LogP contribution < -0.4 is 5.32 Å². The molecule has 2 N–H and O–H groups in total. The van der Waals surface area contributed by atoms with E-state index in [0.29, 0.717) is 24.4 Å². The third-order valence-corrected chi connectivity index (χ3v) is 6.22. The maximum atomic E-state index is 12.6. The molecule has 0 bridgehead atoms. The highest BCUT2D eigenvalue weighted by Gasteiger charge is 2.44. The molecule has 3 rings (SSSR count). The highest BCUT2D eigenvalue weighted by Crippen LogP contribution is 2.39. The van der Waals surface area contributed by atoms with Crippen molar-refractivity contribution >= 4 is 6.03 Å². The first-order valence-electron chi connectivity index (χ1n) is 9.24. The number of carbonyl (C=O) groups excluding carboxylic acids is 1. The Morgan fingerprint density at radius 3 is 2.59 bits per heavy atom. The van der Waals surface area contributed by atoms with Crippen LogP contribution in [0.2, 0.25) is 0 Å². The van der Waals surface area contributed by atoms with Crippen LogP contribution in [0.5, 0.6) is 0 Å². The zero-order valence-corrected chi connectivity index (χ0v) is 14.2. The Hall–Kier alpha value is -0.770. The summed E-state index contributed by atoms with van der Waals surface area (Å²) >= 11 is 0. The van der Waals surface area contributed by atoms with Gasteiger partial charge in [0, 0.05) is 25.0 Å². The van der Waals surface area contributed by atoms with Crippen molar-refractivity contribution in [1.29, 1.82) is 0 Å². The Labute approximate surface area is 134 Å². The minimum absolute atomic E-state index is 0.0962. The van der Waals surface area contributed by atoms with Gasteiger partial charge in [0.15, 0.2) is 0 Å². The second-order valence-corrected chi connectivity index (χ2v) is 8.31. The molecule has 1 saturated heterocycles. The van der Waals surface area contributed by atoms with Crippen molar-refractivity contribution in [2.24, 2.45) is 17.8 Å². The Morgan fingerprint density at radius 2 is 1.86 bits per heavy atom. The van der Waals surface area contributed by atoms with E-state index in [1.807, 2.05) is 4.90 Å². The van der Waals surface area contributed by atoms with Crippen LogP contribution in [0.3, 0.4) is 0 Å². The summed E-state index contributed by atoms with van der Waals surface area (Å²) in [4.78, 5) is 14.5. The Balaban J connectivity index is 1.54. The molecule has 0 aromatic carbocycles. The topological polar surface area (TPSA) is 52.6 Å². The minimum Gasteiger partial charge on any atom is -0.389 e. The van der Waals surface area contributed by atoms with E-state index in [4.69, 9.17) is 0 Å². The molecule has 2 aliphatic carbocycles. The lowest BCUT2D eigenvalue weighted by molar-refractivity contribution is -0.0872. The van der Waals surface area contributed by atoms with Gasteiger partial charge in [-0.05, 0) is 50.4 Å². The average Bonchev–Trinajstić information content (AvgIpc) is 2.45. The predicted molar refractivity (Wildman–Crippen MR) is 87.6 cm³/mol. The van der Waals surface area contributed by atoms with E-state index in [-0.39, 0.29) is 11.9 Å². The first kappa shape index (κ1) is 16.1. The van der Waals surface area contributed by atoms with E-state index < -0.39 is 5.60 Å². The summed E-state index contributed by atoms with van der Waals surface area (Å²) in [6.45, 7) is 6.02. The van der Waals surface area contributed by atoms with Crippen LogP contribution in [0.4, 0.5) is 4.79 Å². The zero-order chi connectivity index (χ0) is 15.7. The zero-order valence-electron chi connectivity index (χ0n) is 14.2. The van der Waals surface area contributed by atoms with E-state index in [0.717, 1.165) is 45.1 Å². The number of urea groups is 1. The van der Waals surface area contributed by atoms with Gasteiger partial charge in [0.1, 0.15) is 0 Å². The van der Waals surface area contributed by atoms with Crippen molar-refractivity contribution in [2.45, 2.75) is 76.9 Å². The highest BCUT2D eigenvalue weighted by molar-refractivity contribution is 5.74. The van der Waals surface area contributed by atoms with E-state index in [2.05, 4.69) is 19.2 Å². The standard InChI is InChI=1S/C18H32N2O2/c1-13-9-14(2)11-16(10-13)19-17(21)20-8-7-18(22)6-4-3-5-15(18)12-20/h13-16,22H,3-12H2,1-2H3,(H,19,21). The number of nitrogens with one attached hydrogen (secondary N) is 1. The first-order chi connectivity index (χ1) is 10.5. The maximum absolute atomic E-state index is 12.6. The fourth-order valence-electron chi connectivity index (χ4n) is 5.09. The number of carbonyl (C=O) groups is 1. The van der Waals surface area contributed by atoms with Gasteiger partial charge in [-0.3, -0.25) is 0 Å². The third kappa shape index (κ3) is 3.42. The molecule has 126 valence electrons. The van der Waals surface area contributed by atoms with Gasteiger partial charge in [-0.25, -0.2) is 4.79 Å². The lowest BCUT2D eigenvalue weighted by Crippen LogP contribution is -2.57. The summed E-state index contributed by atoms with van der Waals surface area (Å²) in [5, 5.41) is 14.0. The second kappa shape index (κ2) is 6.38. The molecule has 0 spiro atoms. The lowest BCUT2D eigenvalue weighted by Gasteiger charge is -2.47. The largest absolute Gasteiger partial charge is 0.389 e. The molecule has 4 heteroatoms. The number of hydrogen-bond donors (Lipinski definition) is 2. The van der Waals surface area contributed by atoms with Gasteiger partial charge in [0.05, 0.1) is 5.60 Å². The number of piperidine rings is 1. The van der Waals surface area contributed by atoms with Gasteiger partial charge in [-0.15, -0.1) is 0 Å². The van der Waals surface area contributed by atoms with Gasteiger partial charge in [-0.1, -0.05) is 26.7 Å². The smallest absolute Gasteiger partial charge is 0.317 e. The van der Waals surface area contributed by atoms with Gasteiger partial charge < -0.3 is 15.3 Å². The predicted octanol–water partition coefficient (Wildman–Crippen LogP) is 3.15. The van der Waals surface area contributed by atoms with E-state index >= 15 is 0 Å². The molecule has 4 nitrogen and oxygen atoms in total. The Bertz CT molecular complexity index is 404. The molecule has 4 unspecified atom stereocenters. The van der Waals surface area contributed by atoms with Crippen LogP contribution in [0.15, 0.2) is 0 Å². The Morgan fingerprint density at radius 1 is 1.14 bits per heavy atom. The SMILES string of the molecule is CC1CC(C)CC(NC(=O)N2CCC3(O)CCCCC3C2)C1. The number of hydrogen-bond acceptors (Lipinski definition) is 2. The molecular weight excluding hydrogens is 276 g/mol. The normalized spacial score (nSPS) is 42.6. The molecule has 2 amide bonds. The van der Waals surface area contributed by atoms with Crippen molar-refractivity contribution in [2.75, 3.05) is 13.1 Å². The summed E-state index contributed by atoms with van der Waals surface area (Å²) in [6, 6.07) is 0.428. The molecule has 0 aromatic heterocycles. The fraction of sp³-hybridized carbons (Fsp3) is 0.944. The summed E-state index contributed by atoms with van der Waals surface area (Å²) < 4.78 is 0. The van der Waals surface area contributed by atoms with Gasteiger partial charge in [0.2, 0.25) is 0 Å². The fourth-order valence-corrected chi connectivity index (χ4v) is 5.09. The molecule has 2 saturated carbocycles. The molecule has 1 heterocycles. The highest BCUT2D eigenvalue weighted by atomic mass is 16.3. The van der Waals surface area contributed by atoms with E-state index in [1.165, 1.54) is 12.8 Å². The van der Waals surface area contributed by atoms with Crippen LogP contribution >= 0.6 is 0 Å². The van der Waals surface area contributed by atoms with Crippen molar-refractivity contribution in [1.82, 2.24) is 10.2 Å². The summed E-state index contributed by atoms with van der Waals surface area (Å²) in [7, 11) is 0. The second-order valence-electron chi connectivity index (χ2n) is 8.31. The molecule has 3 aliphatic rings. The third-order valence-electron chi connectivity index (χ3n) is 6.22. The lowest BCUT2D eigenvalue weighted by atomic mass is 9.71. The van der Waals surface area contributed by atoms with Crippen LogP contribution in [-0.4, -0.2) is 40.8 Å². The molecule has 0 radical (unpaired) electrons. The molecule has 4 atom stereocenters. The van der Waals surface area contributed by atoms with Crippen molar-refractivity contribution < 1.29 is 9.90 Å². The summed E-state index contributed by atoms with van der Waals surface area (Å²) in [5.74, 6) is 1.70. The summed E-state index contributed by atoms with van der Waals surface area (Å²) in [6.07, 6.45) is 8.57. The van der Waals surface area contributed by atoms with Crippen LogP contribution in [0.1, 0.15) is 65.2 Å². The quantitative estimate of drug-likeness (QED) is 0.782. The van der Waals surface area contributed by atoms with Crippen LogP contribution in [0.25, 0.3) is 0 Å². The van der Waals surface area contributed by atoms with E-state index in [1.54, 1.807) is 0 Å². The molecule has 22 heavy (non-hydrogen) atoms. The maximum Gasteiger partial charge on any atom is 0.317 e. The first-order valence-corrected chi connectivity index (χ1v) is 9.24. The van der Waals surface area contributed by atoms with Gasteiger partial charge in [0.25, 0.3) is 0 Å².